The lowest BCUT2D eigenvalue weighted by Crippen LogP contribution is -2.22. The molecule has 0 fully saturated rings. The molecule has 1 heterocycles. The largest absolute Gasteiger partial charge is 0.405 e. The van der Waals surface area contributed by atoms with E-state index in [4.69, 9.17) is 23.2 Å². The highest BCUT2D eigenvalue weighted by Gasteiger charge is 2.27. The molecule has 84 valence electrons. The van der Waals surface area contributed by atoms with Gasteiger partial charge in [-0.15, -0.1) is 0 Å². The van der Waals surface area contributed by atoms with E-state index >= 15 is 0 Å². The van der Waals surface area contributed by atoms with Gasteiger partial charge in [-0.3, -0.25) is 0 Å². The van der Waals surface area contributed by atoms with Gasteiger partial charge in [-0.25, -0.2) is 9.97 Å². The molecule has 15 heavy (non-hydrogen) atoms. The van der Waals surface area contributed by atoms with Crippen LogP contribution in [0.4, 0.5) is 19.1 Å². The summed E-state index contributed by atoms with van der Waals surface area (Å²) in [5.41, 5.74) is 0.427. The van der Waals surface area contributed by atoms with Crippen molar-refractivity contribution < 1.29 is 13.2 Å². The number of halogens is 5. The zero-order valence-corrected chi connectivity index (χ0v) is 9.00. The third-order valence-corrected chi connectivity index (χ3v) is 2.21. The molecule has 0 bridgehead atoms. The molecule has 1 N–H and O–H groups in total. The summed E-state index contributed by atoms with van der Waals surface area (Å²) in [5, 5.41) is 2.03. The van der Waals surface area contributed by atoms with Crippen LogP contribution < -0.4 is 5.32 Å². The third kappa shape index (κ3) is 3.71. The van der Waals surface area contributed by atoms with Crippen molar-refractivity contribution in [1.29, 1.82) is 0 Å². The van der Waals surface area contributed by atoms with Crippen molar-refractivity contribution in [2.75, 3.05) is 11.9 Å². The molecule has 0 atom stereocenters. The first kappa shape index (κ1) is 12.3. The number of nitrogens with zero attached hydrogens (tertiary/aromatic N) is 2. The molecule has 0 saturated carbocycles. The number of hydrogen-bond donors (Lipinski definition) is 1. The minimum Gasteiger partial charge on any atom is -0.345 e. The highest BCUT2D eigenvalue weighted by molar-refractivity contribution is 6.34. The molecular weight excluding hydrogens is 254 g/mol. The average Bonchev–Trinajstić information content (AvgIpc) is 2.09. The lowest BCUT2D eigenvalue weighted by atomic mass is 10.4. The van der Waals surface area contributed by atoms with Crippen molar-refractivity contribution in [2.45, 2.75) is 13.1 Å². The summed E-state index contributed by atoms with van der Waals surface area (Å²) in [6, 6.07) is 0. The summed E-state index contributed by atoms with van der Waals surface area (Å²) in [6.07, 6.45) is -4.34. The van der Waals surface area contributed by atoms with Crippen molar-refractivity contribution in [3.05, 3.63) is 15.9 Å². The third-order valence-electron chi connectivity index (χ3n) is 1.47. The maximum Gasteiger partial charge on any atom is 0.405 e. The van der Waals surface area contributed by atoms with Crippen molar-refractivity contribution in [1.82, 2.24) is 9.97 Å². The Bertz CT molecular complexity index is 344. The fourth-order valence-electron chi connectivity index (χ4n) is 0.722. The summed E-state index contributed by atoms with van der Waals surface area (Å²) in [6.45, 7) is 0.334. The first-order chi connectivity index (χ1) is 6.79. The summed E-state index contributed by atoms with van der Waals surface area (Å²) in [7, 11) is 0. The molecule has 1 aromatic rings. The molecule has 1 rings (SSSR count). The van der Waals surface area contributed by atoms with E-state index in [-0.39, 0.29) is 16.3 Å². The first-order valence-corrected chi connectivity index (χ1v) is 4.55. The molecular formula is C7H6Cl2F3N3. The Morgan fingerprint density at radius 1 is 1.20 bits per heavy atom. The van der Waals surface area contributed by atoms with Crippen molar-refractivity contribution in [3.8, 4) is 0 Å². The lowest BCUT2D eigenvalue weighted by molar-refractivity contribution is -0.115. The molecule has 0 radical (unpaired) electrons. The fourth-order valence-corrected chi connectivity index (χ4v) is 1.11. The minimum absolute atomic E-state index is 0.0275. The number of aromatic nitrogens is 2. The summed E-state index contributed by atoms with van der Waals surface area (Å²) in [5.74, 6) is -0.243. The monoisotopic (exact) mass is 259 g/mol. The van der Waals surface area contributed by atoms with Crippen LogP contribution in [0.2, 0.25) is 10.3 Å². The van der Waals surface area contributed by atoms with E-state index in [2.05, 4.69) is 9.97 Å². The van der Waals surface area contributed by atoms with Gasteiger partial charge < -0.3 is 5.32 Å². The van der Waals surface area contributed by atoms with Gasteiger partial charge in [0.05, 0.1) is 0 Å². The molecule has 0 aromatic carbocycles. The van der Waals surface area contributed by atoms with E-state index in [1.807, 2.05) is 5.32 Å². The minimum atomic E-state index is -4.34. The van der Waals surface area contributed by atoms with E-state index in [0.29, 0.717) is 5.56 Å². The van der Waals surface area contributed by atoms with Crippen molar-refractivity contribution in [3.63, 3.8) is 0 Å². The van der Waals surface area contributed by atoms with Crippen LogP contribution >= 0.6 is 23.2 Å². The Kier molecular flexibility index (Phi) is 3.62. The Labute approximate surface area is 93.6 Å². The normalized spacial score (nSPS) is 11.6. The molecule has 0 aliphatic heterocycles. The van der Waals surface area contributed by atoms with Gasteiger partial charge in [0.1, 0.15) is 16.9 Å². The highest BCUT2D eigenvalue weighted by atomic mass is 35.5. The second kappa shape index (κ2) is 4.40. The average molecular weight is 260 g/mol. The number of nitrogens with one attached hydrogen (secondary N) is 1. The molecule has 0 aliphatic rings. The second-order valence-corrected chi connectivity index (χ2v) is 3.44. The Balaban J connectivity index is 2.80. The highest BCUT2D eigenvalue weighted by Crippen LogP contribution is 2.22. The predicted molar refractivity (Wildman–Crippen MR) is 51.3 cm³/mol. The molecule has 3 nitrogen and oxygen atoms in total. The number of rotatable bonds is 2. The van der Waals surface area contributed by atoms with E-state index in [1.165, 1.54) is 0 Å². The molecule has 0 aliphatic carbocycles. The van der Waals surface area contributed by atoms with E-state index < -0.39 is 12.7 Å². The van der Waals surface area contributed by atoms with Gasteiger partial charge in [0, 0.05) is 5.56 Å². The number of hydrogen-bond acceptors (Lipinski definition) is 3. The molecule has 0 spiro atoms. The van der Waals surface area contributed by atoms with Crippen molar-refractivity contribution >= 4 is 29.2 Å². The maximum absolute atomic E-state index is 11.8. The Hall–Kier alpha value is -0.750. The standard InChI is InChI=1S/C7H6Cl2F3N3/c1-3-4(8)14-6(15-5(3)9)13-2-7(10,11)12/h2H2,1H3,(H,13,14,15). The van der Waals surface area contributed by atoms with Crippen LogP contribution in [0.1, 0.15) is 5.56 Å². The van der Waals surface area contributed by atoms with Gasteiger partial charge in [0.2, 0.25) is 5.95 Å². The van der Waals surface area contributed by atoms with E-state index in [0.717, 1.165) is 0 Å². The van der Waals surface area contributed by atoms with Crippen molar-refractivity contribution in [2.24, 2.45) is 0 Å². The SMILES string of the molecule is Cc1c(Cl)nc(NCC(F)(F)F)nc1Cl. The predicted octanol–water partition coefficient (Wildman–Crippen LogP) is 3.07. The van der Waals surface area contributed by atoms with Crippen LogP contribution in [0, 0.1) is 6.92 Å². The molecule has 0 amide bonds. The van der Waals surface area contributed by atoms with Crippen LogP contribution in [0.3, 0.4) is 0 Å². The number of anilines is 1. The second-order valence-electron chi connectivity index (χ2n) is 2.72. The first-order valence-electron chi connectivity index (χ1n) is 3.80. The smallest absolute Gasteiger partial charge is 0.345 e. The summed E-state index contributed by atoms with van der Waals surface area (Å²) in [4.78, 5) is 7.19. The molecule has 0 unspecified atom stereocenters. The summed E-state index contributed by atoms with van der Waals surface area (Å²) >= 11 is 11.2. The topological polar surface area (TPSA) is 37.8 Å². The van der Waals surface area contributed by atoms with Crippen LogP contribution in [-0.2, 0) is 0 Å². The molecule has 0 saturated heterocycles. The van der Waals surface area contributed by atoms with Gasteiger partial charge in [-0.1, -0.05) is 23.2 Å². The van der Waals surface area contributed by atoms with Crippen LogP contribution in [0.15, 0.2) is 0 Å². The van der Waals surface area contributed by atoms with Gasteiger partial charge in [-0.05, 0) is 6.92 Å². The number of alkyl halides is 3. The van der Waals surface area contributed by atoms with Crippen LogP contribution in [-0.4, -0.2) is 22.7 Å². The molecule has 1 aromatic heterocycles. The maximum atomic E-state index is 11.8. The lowest BCUT2D eigenvalue weighted by Gasteiger charge is -2.09. The fraction of sp³-hybridized carbons (Fsp3) is 0.429. The Morgan fingerprint density at radius 2 is 1.67 bits per heavy atom. The van der Waals surface area contributed by atoms with Gasteiger partial charge in [0.25, 0.3) is 0 Å². The van der Waals surface area contributed by atoms with Gasteiger partial charge in [0.15, 0.2) is 0 Å². The zero-order chi connectivity index (χ0) is 11.6. The van der Waals surface area contributed by atoms with E-state index in [9.17, 15) is 13.2 Å². The Morgan fingerprint density at radius 3 is 2.07 bits per heavy atom. The zero-order valence-electron chi connectivity index (χ0n) is 7.49. The van der Waals surface area contributed by atoms with Crippen LogP contribution in [0.25, 0.3) is 0 Å². The van der Waals surface area contributed by atoms with E-state index in [1.54, 1.807) is 6.92 Å². The molecule has 8 heteroatoms. The van der Waals surface area contributed by atoms with Gasteiger partial charge >= 0.3 is 6.18 Å². The van der Waals surface area contributed by atoms with Crippen LogP contribution in [0.5, 0.6) is 0 Å². The quantitative estimate of drug-likeness (QED) is 0.830. The summed E-state index contributed by atoms with van der Waals surface area (Å²) < 4.78 is 35.5. The van der Waals surface area contributed by atoms with Gasteiger partial charge in [-0.2, -0.15) is 13.2 Å².